The fourth-order valence-electron chi connectivity index (χ4n) is 9.40. The van der Waals surface area contributed by atoms with Crippen molar-refractivity contribution in [3.05, 3.63) is 217 Å². The largest absolute Gasteiger partial charge is 0.314 e. The maximum atomic E-state index is 2.46. The highest BCUT2D eigenvalue weighted by Crippen LogP contribution is 2.42. The highest BCUT2D eigenvalue weighted by Gasteiger charge is 2.22. The first-order chi connectivity index (χ1) is 29.6. The summed E-state index contributed by atoms with van der Waals surface area (Å²) in [6.07, 6.45) is 15.7. The molecule has 2 aliphatic carbocycles. The van der Waals surface area contributed by atoms with Gasteiger partial charge in [0.25, 0.3) is 0 Å². The first-order valence-corrected chi connectivity index (χ1v) is 21.2. The number of hydrogen-bond donors (Lipinski definition) is 0. The smallest absolute Gasteiger partial charge is 0.0561 e. The summed E-state index contributed by atoms with van der Waals surface area (Å²) >= 11 is 0. The third-order valence-corrected chi connectivity index (χ3v) is 12.3. The van der Waals surface area contributed by atoms with Crippen molar-refractivity contribution in [2.45, 2.75) is 39.5 Å². The molecule has 11 rings (SSSR count). The third kappa shape index (κ3) is 6.15. The van der Waals surface area contributed by atoms with E-state index in [-0.39, 0.29) is 0 Å². The van der Waals surface area contributed by atoms with Crippen molar-refractivity contribution < 1.29 is 0 Å². The highest BCUT2D eigenvalue weighted by molar-refractivity contribution is 6.11. The SMILES string of the molecule is CC1=CC=C(N(c2ccccc2)c2ccc3c4ccccc4n(-c4cccc(-n5c6ccccc6c6ccc(N(C7=CCCC=C7)c7ccc(C)cc7)cc65)c4)c3c2)CC1. The number of rotatable bonds is 8. The number of allylic oxidation sites excluding steroid dienone is 7. The van der Waals surface area contributed by atoms with Gasteiger partial charge in [0.15, 0.2) is 0 Å². The Bertz CT molecular complexity index is 3220. The highest BCUT2D eigenvalue weighted by atomic mass is 15.2. The summed E-state index contributed by atoms with van der Waals surface area (Å²) < 4.78 is 4.91. The van der Waals surface area contributed by atoms with E-state index >= 15 is 0 Å². The zero-order valence-corrected chi connectivity index (χ0v) is 34.1. The van der Waals surface area contributed by atoms with Crippen molar-refractivity contribution >= 4 is 66.4 Å². The average Bonchev–Trinajstić information content (AvgIpc) is 3.81. The Morgan fingerprint density at radius 1 is 0.433 bits per heavy atom. The molecule has 4 nitrogen and oxygen atoms in total. The lowest BCUT2D eigenvalue weighted by molar-refractivity contribution is 0.875. The van der Waals surface area contributed by atoms with Crippen LogP contribution in [-0.4, -0.2) is 9.13 Å². The van der Waals surface area contributed by atoms with Gasteiger partial charge in [0.2, 0.25) is 0 Å². The number of aromatic nitrogens is 2. The van der Waals surface area contributed by atoms with Gasteiger partial charge in [0.05, 0.1) is 22.1 Å². The Morgan fingerprint density at radius 2 is 1.00 bits per heavy atom. The van der Waals surface area contributed by atoms with Gasteiger partial charge in [0.1, 0.15) is 0 Å². The van der Waals surface area contributed by atoms with E-state index in [0.29, 0.717) is 0 Å². The van der Waals surface area contributed by atoms with E-state index in [4.69, 9.17) is 0 Å². The summed E-state index contributed by atoms with van der Waals surface area (Å²) in [7, 11) is 0. The Balaban J connectivity index is 1.10. The molecule has 0 fully saturated rings. The normalized spacial score (nSPS) is 14.1. The maximum Gasteiger partial charge on any atom is 0.0561 e. The van der Waals surface area contributed by atoms with Gasteiger partial charge < -0.3 is 18.9 Å². The van der Waals surface area contributed by atoms with Gasteiger partial charge in [-0.15, -0.1) is 0 Å². The first kappa shape index (κ1) is 35.8. The van der Waals surface area contributed by atoms with Gasteiger partial charge >= 0.3 is 0 Å². The topological polar surface area (TPSA) is 16.3 Å². The minimum atomic E-state index is 0.998. The van der Waals surface area contributed by atoms with Gasteiger partial charge in [-0.05, 0) is 131 Å². The molecule has 0 bridgehead atoms. The molecule has 0 amide bonds. The van der Waals surface area contributed by atoms with E-state index in [2.05, 4.69) is 227 Å². The standard InChI is InChI=1S/C56H46N4/c1-39-24-28-43(29-25-39)57(41-14-5-3-6-15-41)47-32-34-51-49-20-9-11-22-53(49)59(55(51)37-47)45-18-13-19-46(36-45)60-54-23-12-10-21-50(54)52-35-33-48(38-56(52)60)58(42-16-7-4-8-17-42)44-30-26-40(2)27-31-44/h3,5-7,9-24,26-28,30-38H,4,8,25,29H2,1-2H3. The van der Waals surface area contributed by atoms with Crippen LogP contribution < -0.4 is 9.80 Å². The fourth-order valence-corrected chi connectivity index (χ4v) is 9.40. The van der Waals surface area contributed by atoms with Crippen LogP contribution in [0.4, 0.5) is 22.7 Å². The van der Waals surface area contributed by atoms with E-state index in [1.165, 1.54) is 71.8 Å². The number of aryl methyl sites for hydroxylation is 1. The summed E-state index contributed by atoms with van der Waals surface area (Å²) in [6, 6.07) is 60.4. The fraction of sp³-hybridized carbons (Fsp3) is 0.107. The van der Waals surface area contributed by atoms with Crippen LogP contribution in [0.1, 0.15) is 38.2 Å². The van der Waals surface area contributed by atoms with Crippen LogP contribution >= 0.6 is 0 Å². The van der Waals surface area contributed by atoms with Crippen LogP contribution in [0.2, 0.25) is 0 Å². The quantitative estimate of drug-likeness (QED) is 0.153. The van der Waals surface area contributed by atoms with Crippen LogP contribution in [0.25, 0.3) is 55.0 Å². The summed E-state index contributed by atoms with van der Waals surface area (Å²) in [5.41, 5.74) is 16.8. The van der Waals surface area contributed by atoms with Crippen molar-refractivity contribution in [1.29, 1.82) is 0 Å². The lowest BCUT2D eigenvalue weighted by Gasteiger charge is -2.29. The van der Waals surface area contributed by atoms with Gasteiger partial charge in [-0.1, -0.05) is 114 Å². The molecule has 2 aliphatic rings. The summed E-state index contributed by atoms with van der Waals surface area (Å²) in [6.45, 7) is 4.38. The number of nitrogens with zero attached hydrogens (tertiary/aromatic N) is 4. The molecule has 7 aromatic carbocycles. The number of benzene rings is 7. The Kier molecular flexibility index (Phi) is 8.85. The molecule has 2 heterocycles. The van der Waals surface area contributed by atoms with E-state index in [0.717, 1.165) is 54.1 Å². The minimum Gasteiger partial charge on any atom is -0.314 e. The molecular weight excluding hydrogens is 729 g/mol. The van der Waals surface area contributed by atoms with E-state index < -0.39 is 0 Å². The predicted molar refractivity (Wildman–Crippen MR) is 255 cm³/mol. The molecule has 0 aliphatic heterocycles. The molecule has 0 saturated carbocycles. The molecular formula is C56H46N4. The predicted octanol–water partition coefficient (Wildman–Crippen LogP) is 15.3. The second-order valence-electron chi connectivity index (χ2n) is 16.2. The first-order valence-electron chi connectivity index (χ1n) is 21.2. The zero-order valence-electron chi connectivity index (χ0n) is 34.1. The van der Waals surface area contributed by atoms with Crippen molar-refractivity contribution in [3.63, 3.8) is 0 Å². The molecule has 290 valence electrons. The van der Waals surface area contributed by atoms with Crippen molar-refractivity contribution in [1.82, 2.24) is 9.13 Å². The number of anilines is 4. The Morgan fingerprint density at radius 3 is 1.60 bits per heavy atom. The molecule has 9 aromatic rings. The van der Waals surface area contributed by atoms with Crippen LogP contribution in [0, 0.1) is 6.92 Å². The van der Waals surface area contributed by atoms with Gasteiger partial charge in [-0.2, -0.15) is 0 Å². The molecule has 0 atom stereocenters. The molecule has 0 unspecified atom stereocenters. The zero-order chi connectivity index (χ0) is 40.2. The Hall–Kier alpha value is -7.30. The summed E-state index contributed by atoms with van der Waals surface area (Å²) in [5.74, 6) is 0. The summed E-state index contributed by atoms with van der Waals surface area (Å²) in [4.78, 5) is 4.84. The van der Waals surface area contributed by atoms with Crippen LogP contribution in [0.5, 0.6) is 0 Å². The second kappa shape index (κ2) is 14.8. The molecule has 0 N–H and O–H groups in total. The molecule has 60 heavy (non-hydrogen) atoms. The van der Waals surface area contributed by atoms with Gasteiger partial charge in [0, 0.05) is 67.1 Å². The molecule has 0 spiro atoms. The van der Waals surface area contributed by atoms with E-state index in [9.17, 15) is 0 Å². The molecule has 0 radical (unpaired) electrons. The average molecular weight is 775 g/mol. The lowest BCUT2D eigenvalue weighted by atomic mass is 10.0. The molecule has 0 saturated heterocycles. The molecule has 2 aromatic heterocycles. The van der Waals surface area contributed by atoms with Gasteiger partial charge in [-0.25, -0.2) is 0 Å². The monoisotopic (exact) mass is 774 g/mol. The van der Waals surface area contributed by atoms with Crippen LogP contribution in [0.3, 0.4) is 0 Å². The van der Waals surface area contributed by atoms with Crippen molar-refractivity contribution in [2.24, 2.45) is 0 Å². The number of para-hydroxylation sites is 3. The van der Waals surface area contributed by atoms with Crippen molar-refractivity contribution in [2.75, 3.05) is 9.80 Å². The summed E-state index contributed by atoms with van der Waals surface area (Å²) in [5, 5.41) is 4.97. The number of hydrogen-bond acceptors (Lipinski definition) is 2. The van der Waals surface area contributed by atoms with Crippen LogP contribution in [-0.2, 0) is 0 Å². The third-order valence-electron chi connectivity index (χ3n) is 12.3. The van der Waals surface area contributed by atoms with E-state index in [1.54, 1.807) is 0 Å². The molecule has 4 heteroatoms. The van der Waals surface area contributed by atoms with E-state index in [1.807, 2.05) is 0 Å². The van der Waals surface area contributed by atoms with Crippen molar-refractivity contribution in [3.8, 4) is 11.4 Å². The Labute approximate surface area is 351 Å². The number of fused-ring (bicyclic) bond motifs is 6. The van der Waals surface area contributed by atoms with Crippen LogP contribution in [0.15, 0.2) is 211 Å². The lowest BCUT2D eigenvalue weighted by Crippen LogP contribution is -2.17. The van der Waals surface area contributed by atoms with Gasteiger partial charge in [-0.3, -0.25) is 0 Å². The second-order valence-corrected chi connectivity index (χ2v) is 16.2. The maximum absolute atomic E-state index is 2.46. The minimum absolute atomic E-state index is 0.998.